The molecule has 14 nitrogen and oxygen atoms in total. The number of benzene rings is 6. The van der Waals surface area contributed by atoms with Gasteiger partial charge in [0.05, 0.1) is 39.9 Å². The van der Waals surface area contributed by atoms with Crippen molar-refractivity contribution in [2.45, 2.75) is 103 Å². The average Bonchev–Trinajstić information content (AvgIpc) is 3.72. The number of methoxy groups -OCH3 is 4. The zero-order valence-corrected chi connectivity index (χ0v) is 59.3. The molecule has 0 spiro atoms. The molecule has 0 amide bonds. The molecule has 8 rings (SSSR count). The van der Waals surface area contributed by atoms with Gasteiger partial charge in [-0.1, -0.05) is 210 Å². The minimum absolute atomic E-state index is 0. The number of nitrogens with zero attached hydrogens (tertiary/aromatic N) is 4. The maximum Gasteiger partial charge on any atom is 0.331 e. The van der Waals surface area contributed by atoms with E-state index in [1.54, 1.807) is 0 Å². The molecule has 6 aromatic carbocycles. The molecule has 0 fully saturated rings. The van der Waals surface area contributed by atoms with Gasteiger partial charge in [-0.15, -0.1) is 0 Å². The first-order valence-corrected chi connectivity index (χ1v) is 29.0. The van der Waals surface area contributed by atoms with Gasteiger partial charge in [0.1, 0.15) is 12.1 Å². The maximum absolute atomic E-state index is 12.5. The molecule has 0 aliphatic rings. The lowest BCUT2D eigenvalue weighted by Crippen LogP contribution is -2.33. The summed E-state index contributed by atoms with van der Waals surface area (Å²) in [6, 6.07) is 65.2. The summed E-state index contributed by atoms with van der Waals surface area (Å²) in [7, 11) is 5.49. The van der Waals surface area contributed by atoms with Gasteiger partial charge in [-0.3, -0.25) is 29.5 Å². The second-order valence-electron chi connectivity index (χ2n) is 19.9. The summed E-state index contributed by atoms with van der Waals surface area (Å²) >= 11 is 0. The Balaban J connectivity index is 0.000000615. The van der Waals surface area contributed by atoms with E-state index in [0.717, 1.165) is 93.3 Å². The van der Waals surface area contributed by atoms with Crippen molar-refractivity contribution >= 4 is 74.9 Å². The van der Waals surface area contributed by atoms with Gasteiger partial charge < -0.3 is 30.4 Å². The molecule has 8 atom stereocenters. The van der Waals surface area contributed by atoms with Crippen LogP contribution in [0.1, 0.15) is 95.0 Å². The summed E-state index contributed by atoms with van der Waals surface area (Å²) in [6.45, 7) is 8.31. The molecule has 480 valence electrons. The third kappa shape index (κ3) is 27.3. The highest BCUT2D eigenvalue weighted by molar-refractivity contribution is 6.92. The molecular weight excluding hydrogens is 1200 g/mol. The van der Waals surface area contributed by atoms with Crippen LogP contribution in [0.15, 0.2) is 216 Å². The van der Waals surface area contributed by atoms with Crippen molar-refractivity contribution in [2.75, 3.05) is 28.4 Å². The van der Waals surface area contributed by atoms with E-state index in [1.807, 2.05) is 189 Å². The molecule has 8 aromatic rings. The zero-order valence-electron chi connectivity index (χ0n) is 53.6. The van der Waals surface area contributed by atoms with Crippen LogP contribution in [-0.4, -0.2) is 97.9 Å². The maximum atomic E-state index is 12.5. The summed E-state index contributed by atoms with van der Waals surface area (Å²) in [5.74, 6) is -1.46. The van der Waals surface area contributed by atoms with E-state index >= 15 is 0 Å². The largest absolute Gasteiger partial charge is 0.468 e. The van der Waals surface area contributed by atoms with Gasteiger partial charge in [-0.25, -0.2) is 9.59 Å². The Morgan fingerprint density at radius 2 is 0.633 bits per heavy atom. The van der Waals surface area contributed by atoms with Crippen molar-refractivity contribution in [3.05, 3.63) is 274 Å². The molecule has 0 bridgehead atoms. The van der Waals surface area contributed by atoms with Crippen LogP contribution in [0.4, 0.5) is 0 Å². The minimum atomic E-state index is -0.667. The Bertz CT molecular complexity index is 3110. The molecule has 0 aliphatic heterocycles. The number of hydrogen-bond acceptors (Lipinski definition) is 14. The predicted molar refractivity (Wildman–Crippen MR) is 387 cm³/mol. The Labute approximate surface area is 546 Å². The number of aryl methyl sites for hydroxylation is 4. The third-order valence-corrected chi connectivity index (χ3v) is 13.7. The fourth-order valence-electron chi connectivity index (χ4n) is 8.97. The molecule has 0 aliphatic carbocycles. The van der Waals surface area contributed by atoms with E-state index in [9.17, 15) is 19.2 Å². The van der Waals surface area contributed by atoms with E-state index < -0.39 is 30.1 Å². The van der Waals surface area contributed by atoms with Gasteiger partial charge in [0.15, 0.2) is 12.1 Å². The quantitative estimate of drug-likeness (QED) is 0.0281. The number of pyridine rings is 2. The number of esters is 4. The van der Waals surface area contributed by atoms with E-state index in [4.69, 9.17) is 30.9 Å². The number of aliphatic imine (C=N–C) groups is 2. The first kappa shape index (κ1) is 80.5. The highest BCUT2D eigenvalue weighted by atomic mass is 31.0. The summed E-state index contributed by atoms with van der Waals surface area (Å²) < 4.78 is 19.2. The van der Waals surface area contributed by atoms with Crippen LogP contribution >= 0.6 is 39.6 Å². The van der Waals surface area contributed by atoms with Crippen molar-refractivity contribution < 1.29 is 38.1 Å². The van der Waals surface area contributed by atoms with Gasteiger partial charge >= 0.3 is 23.9 Å². The van der Waals surface area contributed by atoms with E-state index in [1.165, 1.54) is 39.6 Å². The van der Waals surface area contributed by atoms with Gasteiger partial charge in [0, 0.05) is 64.3 Å². The Morgan fingerprint density at radius 3 is 0.967 bits per heavy atom. The molecule has 2 heterocycles. The lowest BCUT2D eigenvalue weighted by Gasteiger charge is -2.15. The second kappa shape index (κ2) is 44.8. The smallest absolute Gasteiger partial charge is 0.331 e. The van der Waals surface area contributed by atoms with Crippen LogP contribution in [0.25, 0.3) is 0 Å². The summed E-state index contributed by atoms with van der Waals surface area (Å²) in [5.41, 5.74) is 25.1. The number of carbonyl (C=O) groups is 4. The lowest BCUT2D eigenvalue weighted by molar-refractivity contribution is -0.142. The monoisotopic (exact) mass is 1290 g/mol. The van der Waals surface area contributed by atoms with Crippen molar-refractivity contribution in [2.24, 2.45) is 21.5 Å². The van der Waals surface area contributed by atoms with Crippen LogP contribution in [0.5, 0.6) is 0 Å². The molecule has 0 saturated carbocycles. The molecule has 4 unspecified atom stereocenters. The Kier molecular flexibility index (Phi) is 40.1. The van der Waals surface area contributed by atoms with Crippen LogP contribution in [0.3, 0.4) is 0 Å². The number of rotatable bonds is 22. The SMILES string of the molecule is CCc1cccc(C[C@H](N)C(=O)OC)c1.CCc1cccc(C[C@H](N)C(=O)OC)n1.CCc1cccc(C[C@H](N=C(c2ccccc2)c2ccccc2)C(=O)OC)c1.CCc1cccc(C[C@H](N=C(c2ccccc2)c2ccccc2)C(=O)OC)n1.P.P.P.P. The minimum Gasteiger partial charge on any atom is -0.468 e. The van der Waals surface area contributed by atoms with Crippen molar-refractivity contribution in [3.63, 3.8) is 0 Å². The van der Waals surface area contributed by atoms with Crippen molar-refractivity contribution in [3.8, 4) is 0 Å². The van der Waals surface area contributed by atoms with Crippen LogP contribution in [-0.2, 0) is 89.5 Å². The fourth-order valence-corrected chi connectivity index (χ4v) is 8.97. The third-order valence-electron chi connectivity index (χ3n) is 13.7. The number of nitrogens with two attached hydrogens (primary N) is 2. The summed E-state index contributed by atoms with van der Waals surface area (Å²) in [6.07, 6.45) is 5.51. The number of carbonyl (C=O) groups excluding carboxylic acids is 4. The van der Waals surface area contributed by atoms with E-state index in [-0.39, 0.29) is 57.5 Å². The van der Waals surface area contributed by atoms with Gasteiger partial charge in [0.25, 0.3) is 0 Å². The molecule has 4 N–H and O–H groups in total. The molecule has 0 saturated heterocycles. The highest BCUT2D eigenvalue weighted by Gasteiger charge is 2.24. The first-order chi connectivity index (χ1) is 41.8. The predicted octanol–water partition coefficient (Wildman–Crippen LogP) is 11.3. The van der Waals surface area contributed by atoms with E-state index in [2.05, 4.69) is 64.5 Å². The molecule has 90 heavy (non-hydrogen) atoms. The zero-order chi connectivity index (χ0) is 62.1. The van der Waals surface area contributed by atoms with Crippen LogP contribution < -0.4 is 11.5 Å². The number of aromatic nitrogens is 2. The van der Waals surface area contributed by atoms with Crippen LogP contribution in [0, 0.1) is 0 Å². The molecule has 0 radical (unpaired) electrons. The highest BCUT2D eigenvalue weighted by Crippen LogP contribution is 2.19. The fraction of sp³-hybridized carbons (Fsp3) is 0.278. The first-order valence-electron chi connectivity index (χ1n) is 29.0. The van der Waals surface area contributed by atoms with Crippen LogP contribution in [0.2, 0.25) is 0 Å². The van der Waals surface area contributed by atoms with Gasteiger partial charge in [-0.2, -0.15) is 39.6 Å². The lowest BCUT2D eigenvalue weighted by atomic mass is 10.00. The Hall–Kier alpha value is -7.52. The molecular formula is C72H94N6O8P4. The molecule has 2 aromatic heterocycles. The topological polar surface area (TPSA) is 208 Å². The van der Waals surface area contributed by atoms with Crippen molar-refractivity contribution in [1.82, 2.24) is 9.97 Å². The summed E-state index contributed by atoms with van der Waals surface area (Å²) in [5, 5.41) is 0. The average molecular weight is 1300 g/mol. The van der Waals surface area contributed by atoms with E-state index in [0.29, 0.717) is 25.7 Å². The number of hydrogen-bond donors (Lipinski definition) is 2. The van der Waals surface area contributed by atoms with Gasteiger partial charge in [-0.05, 0) is 78.6 Å². The summed E-state index contributed by atoms with van der Waals surface area (Å²) in [4.78, 5) is 66.0. The second-order valence-corrected chi connectivity index (χ2v) is 19.9. The standard InChI is InChI=1S/C25H25NO2.C24H24N2O2.C12H17NO2.C11H16N2O2.4H3P/c1-3-19-11-10-12-20(17-19)18-23(25(27)28-2)26-24(21-13-6-4-7-14-21)22-15-8-5-9-16-22;1-3-20-15-10-16-21(25-20)17-22(24(27)28-2)26-23(18-11-6-4-7-12-18)19-13-8-5-9-14-19;1-3-9-5-4-6-10(7-9)8-11(13)12(14)15-2;1-3-8-5-4-6-9(13-8)7-10(12)11(14)15-2;;;;/h4-17,23H,3,18H2,1-2H3;4-16,22H,3,17H2,1-2H3;4-7,11H,3,8,13H2,1-2H3;4-6,10H,3,7,12H2,1-2H3;4*1H3/t23-;22-;11-;10-;;;;/m0000..../s1. The van der Waals surface area contributed by atoms with Crippen molar-refractivity contribution in [1.29, 1.82) is 0 Å². The Morgan fingerprint density at radius 1 is 0.344 bits per heavy atom. The molecule has 18 heteroatoms. The van der Waals surface area contributed by atoms with Gasteiger partial charge in [0.2, 0.25) is 0 Å². The normalized spacial score (nSPS) is 11.2. The number of ether oxygens (including phenoxy) is 4.